The van der Waals surface area contributed by atoms with E-state index in [0.29, 0.717) is 0 Å². The fraction of sp³-hybridized carbons (Fsp3) is 1.00. The van der Waals surface area contributed by atoms with Crippen LogP contribution >= 0.6 is 15.9 Å². The Balaban J connectivity index is 4.27. The third kappa shape index (κ3) is 6.24. The summed E-state index contributed by atoms with van der Waals surface area (Å²) in [6.07, 6.45) is 3.89. The highest BCUT2D eigenvalue weighted by Gasteiger charge is 2.19. The summed E-state index contributed by atoms with van der Waals surface area (Å²) in [6.45, 7) is 14.1. The number of alkyl halides is 1. The van der Waals surface area contributed by atoms with E-state index in [0.717, 1.165) is 23.2 Å². The van der Waals surface area contributed by atoms with Crippen LogP contribution in [0.1, 0.15) is 53.9 Å². The number of hydrogen-bond donors (Lipinski definition) is 0. The Labute approximate surface area is 111 Å². The molecule has 2 unspecified atom stereocenters. The molecule has 0 amide bonds. The van der Waals surface area contributed by atoms with Gasteiger partial charge in [-0.2, -0.15) is 0 Å². The molecule has 0 rings (SSSR count). The third-order valence-electron chi connectivity index (χ3n) is 3.62. The molecular weight excluding hydrogens is 262 g/mol. The van der Waals surface area contributed by atoms with E-state index in [1.54, 1.807) is 0 Å². The molecule has 0 saturated heterocycles. The number of unbranched alkanes of at least 4 members (excludes halogenated alkanes) is 1. The van der Waals surface area contributed by atoms with Gasteiger partial charge in [-0.1, -0.05) is 50.0 Å². The molecule has 0 bridgehead atoms. The van der Waals surface area contributed by atoms with Crippen molar-refractivity contribution in [2.75, 3.05) is 18.4 Å². The highest BCUT2D eigenvalue weighted by atomic mass is 79.9. The third-order valence-corrected chi connectivity index (χ3v) is 4.45. The van der Waals surface area contributed by atoms with Gasteiger partial charge in [-0.05, 0) is 38.1 Å². The van der Waals surface area contributed by atoms with Crippen LogP contribution in [0.25, 0.3) is 0 Å². The van der Waals surface area contributed by atoms with E-state index in [4.69, 9.17) is 0 Å². The smallest absolute Gasteiger partial charge is 0.00743 e. The number of nitrogens with zero attached hydrogens (tertiary/aromatic N) is 1. The molecule has 0 fully saturated rings. The van der Waals surface area contributed by atoms with Gasteiger partial charge in [0, 0.05) is 17.9 Å². The molecule has 0 aliphatic rings. The van der Waals surface area contributed by atoms with Crippen molar-refractivity contribution in [2.45, 2.75) is 59.9 Å². The van der Waals surface area contributed by atoms with Crippen LogP contribution in [-0.4, -0.2) is 29.4 Å². The lowest BCUT2D eigenvalue weighted by Gasteiger charge is -2.33. The van der Waals surface area contributed by atoms with Crippen molar-refractivity contribution in [3.63, 3.8) is 0 Å². The van der Waals surface area contributed by atoms with Gasteiger partial charge in [-0.15, -0.1) is 0 Å². The van der Waals surface area contributed by atoms with Gasteiger partial charge in [-0.3, -0.25) is 0 Å². The van der Waals surface area contributed by atoms with Crippen LogP contribution in [0.5, 0.6) is 0 Å². The van der Waals surface area contributed by atoms with E-state index < -0.39 is 0 Å². The SMILES string of the molecule is CCCCN(CC(CBr)C(C)C)C(C)CC. The number of halogens is 1. The van der Waals surface area contributed by atoms with Crippen LogP contribution in [0.3, 0.4) is 0 Å². The van der Waals surface area contributed by atoms with Gasteiger partial charge < -0.3 is 4.90 Å². The molecule has 0 aromatic rings. The second-order valence-electron chi connectivity index (χ2n) is 5.26. The topological polar surface area (TPSA) is 3.24 Å². The van der Waals surface area contributed by atoms with Crippen molar-refractivity contribution in [3.8, 4) is 0 Å². The summed E-state index contributed by atoms with van der Waals surface area (Å²) in [6, 6.07) is 0.729. The Morgan fingerprint density at radius 2 is 1.75 bits per heavy atom. The van der Waals surface area contributed by atoms with E-state index in [9.17, 15) is 0 Å². The number of rotatable bonds is 9. The van der Waals surface area contributed by atoms with Gasteiger partial charge in [-0.25, -0.2) is 0 Å². The first-order valence-electron chi connectivity index (χ1n) is 6.86. The molecule has 0 spiro atoms. The summed E-state index contributed by atoms with van der Waals surface area (Å²) in [5, 5.41) is 1.13. The normalized spacial score (nSPS) is 15.8. The molecular formula is C14H30BrN. The Morgan fingerprint density at radius 1 is 1.12 bits per heavy atom. The summed E-state index contributed by atoms with van der Waals surface area (Å²) in [7, 11) is 0. The number of hydrogen-bond acceptors (Lipinski definition) is 1. The molecule has 0 heterocycles. The minimum atomic E-state index is 0.729. The first kappa shape index (κ1) is 16.4. The monoisotopic (exact) mass is 291 g/mol. The van der Waals surface area contributed by atoms with Crippen molar-refractivity contribution in [1.82, 2.24) is 4.90 Å². The van der Waals surface area contributed by atoms with Gasteiger partial charge >= 0.3 is 0 Å². The lowest BCUT2D eigenvalue weighted by molar-refractivity contribution is 0.160. The average molecular weight is 292 g/mol. The van der Waals surface area contributed by atoms with Crippen molar-refractivity contribution in [1.29, 1.82) is 0 Å². The Bertz CT molecular complexity index is 159. The largest absolute Gasteiger partial charge is 0.300 e. The van der Waals surface area contributed by atoms with Gasteiger partial charge in [0.1, 0.15) is 0 Å². The van der Waals surface area contributed by atoms with E-state index in [1.165, 1.54) is 32.4 Å². The van der Waals surface area contributed by atoms with Gasteiger partial charge in [0.15, 0.2) is 0 Å². The first-order chi connectivity index (χ1) is 7.56. The zero-order valence-electron chi connectivity index (χ0n) is 11.8. The van der Waals surface area contributed by atoms with Gasteiger partial charge in [0.25, 0.3) is 0 Å². The standard InChI is InChI=1S/C14H30BrN/c1-6-8-9-16(13(5)7-2)11-14(10-15)12(3)4/h12-14H,6-11H2,1-5H3. The highest BCUT2D eigenvalue weighted by molar-refractivity contribution is 9.09. The molecule has 0 aromatic heterocycles. The maximum Gasteiger partial charge on any atom is 0.00743 e. The van der Waals surface area contributed by atoms with Crippen molar-refractivity contribution < 1.29 is 0 Å². The van der Waals surface area contributed by atoms with Crippen LogP contribution in [0.4, 0.5) is 0 Å². The second kappa shape index (κ2) is 9.47. The van der Waals surface area contributed by atoms with Crippen LogP contribution in [0.2, 0.25) is 0 Å². The summed E-state index contributed by atoms with van der Waals surface area (Å²) in [5.74, 6) is 1.55. The molecule has 0 N–H and O–H groups in total. The minimum Gasteiger partial charge on any atom is -0.300 e. The van der Waals surface area contributed by atoms with E-state index in [2.05, 4.69) is 55.4 Å². The lowest BCUT2D eigenvalue weighted by Crippen LogP contribution is -2.39. The Kier molecular flexibility index (Phi) is 9.73. The molecule has 0 aliphatic heterocycles. The second-order valence-corrected chi connectivity index (χ2v) is 5.91. The molecule has 0 radical (unpaired) electrons. The zero-order valence-corrected chi connectivity index (χ0v) is 13.4. The quantitative estimate of drug-likeness (QED) is 0.563. The van der Waals surface area contributed by atoms with Crippen LogP contribution in [0.15, 0.2) is 0 Å². The maximum atomic E-state index is 3.66. The van der Waals surface area contributed by atoms with Gasteiger partial charge in [0.05, 0.1) is 0 Å². The highest BCUT2D eigenvalue weighted by Crippen LogP contribution is 2.18. The van der Waals surface area contributed by atoms with Gasteiger partial charge in [0.2, 0.25) is 0 Å². The molecule has 0 aromatic carbocycles. The molecule has 0 aliphatic carbocycles. The van der Waals surface area contributed by atoms with E-state index in [-0.39, 0.29) is 0 Å². The predicted octanol–water partition coefficient (Wildman–Crippen LogP) is 4.55. The summed E-state index contributed by atoms with van der Waals surface area (Å²) < 4.78 is 0. The van der Waals surface area contributed by atoms with Crippen LogP contribution < -0.4 is 0 Å². The van der Waals surface area contributed by atoms with Crippen molar-refractivity contribution in [3.05, 3.63) is 0 Å². The van der Waals surface area contributed by atoms with Crippen molar-refractivity contribution >= 4 is 15.9 Å². The van der Waals surface area contributed by atoms with Crippen molar-refractivity contribution in [2.24, 2.45) is 11.8 Å². The maximum absolute atomic E-state index is 3.66. The Hall–Kier alpha value is 0.440. The average Bonchev–Trinajstić information content (AvgIpc) is 2.28. The lowest BCUT2D eigenvalue weighted by atomic mass is 9.96. The fourth-order valence-corrected chi connectivity index (χ4v) is 2.80. The molecule has 16 heavy (non-hydrogen) atoms. The van der Waals surface area contributed by atoms with E-state index in [1.807, 2.05) is 0 Å². The van der Waals surface area contributed by atoms with Crippen LogP contribution in [-0.2, 0) is 0 Å². The summed E-state index contributed by atoms with van der Waals surface area (Å²) >= 11 is 3.66. The molecule has 2 heteroatoms. The summed E-state index contributed by atoms with van der Waals surface area (Å²) in [5.41, 5.74) is 0. The molecule has 0 saturated carbocycles. The fourth-order valence-electron chi connectivity index (χ4n) is 1.85. The van der Waals surface area contributed by atoms with E-state index >= 15 is 0 Å². The predicted molar refractivity (Wildman–Crippen MR) is 78.4 cm³/mol. The molecule has 1 nitrogen and oxygen atoms in total. The Morgan fingerprint density at radius 3 is 2.12 bits per heavy atom. The molecule has 98 valence electrons. The van der Waals surface area contributed by atoms with Crippen LogP contribution in [0, 0.1) is 11.8 Å². The molecule has 2 atom stereocenters. The first-order valence-corrected chi connectivity index (χ1v) is 7.98. The summed E-state index contributed by atoms with van der Waals surface area (Å²) in [4.78, 5) is 2.68. The minimum absolute atomic E-state index is 0.729. The zero-order chi connectivity index (χ0) is 12.6.